The van der Waals surface area contributed by atoms with Gasteiger partial charge in [-0.15, -0.1) is 0 Å². The second-order valence-corrected chi connectivity index (χ2v) is 8.19. The number of hydrogen-bond donors (Lipinski definition) is 2. The van der Waals surface area contributed by atoms with E-state index in [0.717, 1.165) is 56.3 Å². The normalized spacial score (nSPS) is 16.5. The van der Waals surface area contributed by atoms with Gasteiger partial charge in [-0.25, -0.2) is 15.0 Å². The molecule has 5 rings (SSSR count). The summed E-state index contributed by atoms with van der Waals surface area (Å²) in [5.41, 5.74) is 3.42. The number of alkyl halides is 3. The van der Waals surface area contributed by atoms with Crippen molar-refractivity contribution in [1.82, 2.24) is 24.8 Å². The van der Waals surface area contributed by atoms with Crippen LogP contribution in [-0.2, 0) is 25.7 Å². The summed E-state index contributed by atoms with van der Waals surface area (Å²) in [4.78, 5) is 18.5. The molecule has 0 amide bonds. The summed E-state index contributed by atoms with van der Waals surface area (Å²) >= 11 is 0. The van der Waals surface area contributed by atoms with Gasteiger partial charge in [0.15, 0.2) is 0 Å². The monoisotopic (exact) mass is 441 g/mol. The van der Waals surface area contributed by atoms with Gasteiger partial charge in [0.1, 0.15) is 17.7 Å². The van der Waals surface area contributed by atoms with Crippen molar-refractivity contribution in [2.45, 2.75) is 44.6 Å². The first-order valence-electron chi connectivity index (χ1n) is 10.5. The highest BCUT2D eigenvalue weighted by Crippen LogP contribution is 2.36. The molecule has 1 fully saturated rings. The Morgan fingerprint density at radius 2 is 1.88 bits per heavy atom. The molecule has 2 N–H and O–H groups in total. The Balaban J connectivity index is 1.30. The van der Waals surface area contributed by atoms with Crippen molar-refractivity contribution >= 4 is 17.5 Å². The van der Waals surface area contributed by atoms with Crippen LogP contribution in [0.4, 0.5) is 30.6 Å². The van der Waals surface area contributed by atoms with Gasteiger partial charge in [0.25, 0.3) is 0 Å². The number of hydrogen-bond acceptors (Lipinski definition) is 7. The molecule has 1 aromatic carbocycles. The van der Waals surface area contributed by atoms with E-state index in [4.69, 9.17) is 0 Å². The van der Waals surface area contributed by atoms with Crippen LogP contribution in [0.2, 0.25) is 0 Å². The molecule has 1 aliphatic heterocycles. The summed E-state index contributed by atoms with van der Waals surface area (Å²) in [6.07, 6.45) is 4.09. The van der Waals surface area contributed by atoms with E-state index in [1.165, 1.54) is 17.5 Å². The average molecular weight is 441 g/mol. The smallest absolute Gasteiger partial charge is 0.367 e. The molecule has 0 bridgehead atoms. The van der Waals surface area contributed by atoms with Gasteiger partial charge < -0.3 is 10.6 Å². The number of fused-ring (bicyclic) bond motifs is 1. The van der Waals surface area contributed by atoms with Crippen LogP contribution < -0.4 is 10.6 Å². The summed E-state index contributed by atoms with van der Waals surface area (Å²) in [7, 11) is 0. The molecular formula is C22H22F3N7. The van der Waals surface area contributed by atoms with Gasteiger partial charge in [-0.3, -0.25) is 4.90 Å². The first kappa shape index (κ1) is 20.6. The van der Waals surface area contributed by atoms with E-state index in [0.29, 0.717) is 0 Å². The van der Waals surface area contributed by atoms with E-state index in [-0.39, 0.29) is 17.8 Å². The molecule has 166 valence electrons. The average Bonchev–Trinajstić information content (AvgIpc) is 3.58. The lowest BCUT2D eigenvalue weighted by molar-refractivity contribution is -0.137. The van der Waals surface area contributed by atoms with Crippen LogP contribution in [-0.4, -0.2) is 37.4 Å². The molecular weight excluding hydrogens is 419 g/mol. The number of nitrogens with zero attached hydrogens (tertiary/aromatic N) is 5. The lowest BCUT2D eigenvalue weighted by Gasteiger charge is -2.29. The highest BCUT2D eigenvalue weighted by Gasteiger charge is 2.36. The van der Waals surface area contributed by atoms with Gasteiger partial charge in [0.2, 0.25) is 5.95 Å². The third-order valence-electron chi connectivity index (χ3n) is 5.59. The van der Waals surface area contributed by atoms with Gasteiger partial charge >= 0.3 is 6.18 Å². The molecule has 3 heterocycles. The first-order chi connectivity index (χ1) is 15.4. The van der Waals surface area contributed by atoms with Crippen LogP contribution in [0.25, 0.3) is 0 Å². The molecule has 32 heavy (non-hydrogen) atoms. The fourth-order valence-electron chi connectivity index (χ4n) is 3.80. The van der Waals surface area contributed by atoms with Crippen LogP contribution in [0.3, 0.4) is 0 Å². The Morgan fingerprint density at radius 1 is 1.06 bits per heavy atom. The minimum absolute atomic E-state index is 0.0491. The molecule has 0 unspecified atom stereocenters. The number of anilines is 3. The van der Waals surface area contributed by atoms with Crippen molar-refractivity contribution in [2.75, 3.05) is 17.2 Å². The highest BCUT2D eigenvalue weighted by molar-refractivity contribution is 5.59. The van der Waals surface area contributed by atoms with Crippen LogP contribution >= 0.6 is 0 Å². The summed E-state index contributed by atoms with van der Waals surface area (Å²) in [6, 6.07) is 6.02. The number of halogens is 3. The third-order valence-corrected chi connectivity index (χ3v) is 5.59. The van der Waals surface area contributed by atoms with E-state index < -0.39 is 11.7 Å². The topological polar surface area (TPSA) is 78.9 Å². The van der Waals surface area contributed by atoms with Gasteiger partial charge in [-0.05, 0) is 42.5 Å². The summed E-state index contributed by atoms with van der Waals surface area (Å²) in [6.45, 7) is 2.50. The van der Waals surface area contributed by atoms with Gasteiger partial charge in [-0.1, -0.05) is 6.07 Å². The molecule has 2 aromatic heterocycles. The van der Waals surface area contributed by atoms with Crippen molar-refractivity contribution in [2.24, 2.45) is 0 Å². The van der Waals surface area contributed by atoms with Crippen molar-refractivity contribution in [3.05, 3.63) is 65.4 Å². The standard InChI is InChI=1S/C22H22F3N7/c23-22(24,25)19-10-28-21(31-20(19)29-17-3-4-17)30-18-2-1-16-12-32(6-5-15(16)7-18)11-14-8-26-13-27-9-14/h1-2,7-10,13,17H,3-6,11-12H2,(H2,28,29,30,31). The van der Waals surface area contributed by atoms with Gasteiger partial charge in [0.05, 0.1) is 0 Å². The predicted octanol–water partition coefficient (Wildman–Crippen LogP) is 4.16. The zero-order valence-electron chi connectivity index (χ0n) is 17.2. The third kappa shape index (κ3) is 4.80. The molecule has 0 atom stereocenters. The molecule has 1 saturated carbocycles. The fraction of sp³-hybridized carbons (Fsp3) is 0.364. The first-order valence-corrected chi connectivity index (χ1v) is 10.5. The molecule has 10 heteroatoms. The van der Waals surface area contributed by atoms with Crippen LogP contribution in [0, 0.1) is 0 Å². The second kappa shape index (κ2) is 8.34. The number of aromatic nitrogens is 4. The Labute approximate surface area is 183 Å². The highest BCUT2D eigenvalue weighted by atomic mass is 19.4. The maximum Gasteiger partial charge on any atom is 0.421 e. The molecule has 7 nitrogen and oxygen atoms in total. The summed E-state index contributed by atoms with van der Waals surface area (Å²) < 4.78 is 39.9. The van der Waals surface area contributed by atoms with Crippen molar-refractivity contribution in [3.63, 3.8) is 0 Å². The molecule has 0 radical (unpaired) electrons. The molecule has 2 aliphatic rings. The lowest BCUT2D eigenvalue weighted by atomic mass is 9.98. The van der Waals surface area contributed by atoms with Crippen molar-refractivity contribution in [3.8, 4) is 0 Å². The molecule has 1 aliphatic carbocycles. The van der Waals surface area contributed by atoms with E-state index >= 15 is 0 Å². The summed E-state index contributed by atoms with van der Waals surface area (Å²) in [5, 5.41) is 5.92. The fourth-order valence-corrected chi connectivity index (χ4v) is 3.80. The molecule has 0 spiro atoms. The second-order valence-electron chi connectivity index (χ2n) is 8.19. The lowest BCUT2D eigenvalue weighted by Crippen LogP contribution is -2.30. The zero-order valence-corrected chi connectivity index (χ0v) is 17.2. The van der Waals surface area contributed by atoms with E-state index in [2.05, 4.69) is 35.5 Å². The Hall–Kier alpha value is -3.27. The molecule has 0 saturated heterocycles. The van der Waals surface area contributed by atoms with E-state index in [1.54, 1.807) is 0 Å². The van der Waals surface area contributed by atoms with E-state index in [9.17, 15) is 13.2 Å². The number of rotatable bonds is 6. The van der Waals surface area contributed by atoms with Gasteiger partial charge in [0, 0.05) is 55.5 Å². The van der Waals surface area contributed by atoms with Crippen LogP contribution in [0.5, 0.6) is 0 Å². The van der Waals surface area contributed by atoms with E-state index in [1.807, 2.05) is 30.6 Å². The van der Waals surface area contributed by atoms with Crippen LogP contribution in [0.15, 0.2) is 43.1 Å². The van der Waals surface area contributed by atoms with Crippen LogP contribution in [0.1, 0.15) is 35.1 Å². The van der Waals surface area contributed by atoms with Crippen molar-refractivity contribution in [1.29, 1.82) is 0 Å². The predicted molar refractivity (Wildman–Crippen MR) is 113 cm³/mol. The Morgan fingerprint density at radius 3 is 2.62 bits per heavy atom. The molecule has 3 aromatic rings. The number of nitrogens with one attached hydrogen (secondary N) is 2. The SMILES string of the molecule is FC(F)(F)c1cnc(Nc2ccc3c(c2)CCN(Cc2cncnc2)C3)nc1NC1CC1. The maximum atomic E-state index is 13.3. The minimum Gasteiger partial charge on any atom is -0.367 e. The summed E-state index contributed by atoms with van der Waals surface area (Å²) in [5.74, 6) is -0.0291. The Kier molecular flexibility index (Phi) is 5.38. The minimum atomic E-state index is -4.50. The Bertz CT molecular complexity index is 1100. The number of benzene rings is 1. The largest absolute Gasteiger partial charge is 0.421 e. The zero-order chi connectivity index (χ0) is 22.1. The quantitative estimate of drug-likeness (QED) is 0.595. The van der Waals surface area contributed by atoms with Gasteiger partial charge in [-0.2, -0.15) is 18.2 Å². The van der Waals surface area contributed by atoms with Crippen molar-refractivity contribution < 1.29 is 13.2 Å². The maximum absolute atomic E-state index is 13.3.